The van der Waals surface area contributed by atoms with E-state index in [1.807, 2.05) is 0 Å². The summed E-state index contributed by atoms with van der Waals surface area (Å²) < 4.78 is 45.7. The molecule has 156 valence electrons. The number of likely N-dealkylation sites (N-methyl/N-ethyl adjacent to an activating group) is 1. The number of nitrogens with zero attached hydrogens (tertiary/aromatic N) is 3. The van der Waals surface area contributed by atoms with Gasteiger partial charge in [0.2, 0.25) is 11.1 Å². The highest BCUT2D eigenvalue weighted by Crippen LogP contribution is 2.33. The van der Waals surface area contributed by atoms with Crippen LogP contribution >= 0.6 is 0 Å². The molecule has 0 saturated heterocycles. The summed E-state index contributed by atoms with van der Waals surface area (Å²) in [5, 5.41) is 3.78. The van der Waals surface area contributed by atoms with E-state index in [0.717, 1.165) is 16.8 Å². The van der Waals surface area contributed by atoms with E-state index in [-0.39, 0.29) is 11.4 Å². The van der Waals surface area contributed by atoms with Crippen molar-refractivity contribution in [2.24, 2.45) is 0 Å². The Morgan fingerprint density at radius 1 is 1.17 bits per heavy atom. The van der Waals surface area contributed by atoms with E-state index < -0.39 is 41.3 Å². The minimum absolute atomic E-state index is 0.0995. The molecule has 0 unspecified atom stereocenters. The highest BCUT2D eigenvalue weighted by Gasteiger charge is 2.34. The molecule has 0 N–H and O–H groups in total. The Balaban J connectivity index is 2.40. The molecule has 0 atom stereocenters. The van der Waals surface area contributed by atoms with Crippen molar-refractivity contribution in [3.05, 3.63) is 57.5 Å². The van der Waals surface area contributed by atoms with Crippen LogP contribution in [0.3, 0.4) is 0 Å². The highest BCUT2D eigenvalue weighted by molar-refractivity contribution is 5.89. The van der Waals surface area contributed by atoms with Crippen LogP contribution in [-0.2, 0) is 15.7 Å². The highest BCUT2D eigenvalue weighted by atomic mass is 19.4. The van der Waals surface area contributed by atoms with Crippen LogP contribution in [0.25, 0.3) is 5.69 Å². The fourth-order valence-corrected chi connectivity index (χ4v) is 2.69. The molecule has 1 aromatic carbocycles. The van der Waals surface area contributed by atoms with Crippen molar-refractivity contribution >= 4 is 11.9 Å². The Bertz CT molecular complexity index is 966. The summed E-state index contributed by atoms with van der Waals surface area (Å²) in [6, 6.07) is 5.63. The van der Waals surface area contributed by atoms with Gasteiger partial charge < -0.3 is 9.64 Å². The van der Waals surface area contributed by atoms with E-state index in [1.165, 1.54) is 30.0 Å². The first kappa shape index (κ1) is 22.1. The first-order valence-electron chi connectivity index (χ1n) is 8.82. The third-order valence-corrected chi connectivity index (χ3v) is 4.18. The Labute approximate surface area is 164 Å². The molecule has 2 aromatic rings. The zero-order chi connectivity index (χ0) is 21.8. The first-order chi connectivity index (χ1) is 13.6. The van der Waals surface area contributed by atoms with Crippen molar-refractivity contribution < 1.29 is 27.5 Å². The molecule has 0 saturated carbocycles. The predicted octanol–water partition coefficient (Wildman–Crippen LogP) is 2.58. The third-order valence-electron chi connectivity index (χ3n) is 4.18. The molecule has 0 aliphatic carbocycles. The van der Waals surface area contributed by atoms with Crippen molar-refractivity contribution in [3.8, 4) is 5.69 Å². The molecule has 10 heteroatoms. The number of ether oxygens (including phenoxy) is 1. The monoisotopic (exact) mass is 411 g/mol. The number of hydrogen-bond acceptors (Lipinski definition) is 5. The molecule has 2 rings (SSSR count). The molecule has 1 heterocycles. The average Bonchev–Trinajstić information content (AvgIpc) is 2.66. The van der Waals surface area contributed by atoms with Crippen molar-refractivity contribution in [3.63, 3.8) is 0 Å². The van der Waals surface area contributed by atoms with Crippen molar-refractivity contribution in [1.29, 1.82) is 0 Å². The number of amides is 1. The standard InChI is InChI=1S/C19H20F3N3O4/c1-4-24(5-2)16(27)11-29-18(28)17-15(26)10-12(3)25(23-17)14-9-7-6-8-13(14)19(20,21)22/h6-10H,4-5,11H2,1-3H3. The summed E-state index contributed by atoms with van der Waals surface area (Å²) in [6.07, 6.45) is -4.66. The molecule has 0 bridgehead atoms. The Hall–Kier alpha value is -3.17. The van der Waals surface area contributed by atoms with E-state index in [9.17, 15) is 27.6 Å². The minimum atomic E-state index is -4.66. The molecule has 0 radical (unpaired) electrons. The summed E-state index contributed by atoms with van der Waals surface area (Å²) in [5.41, 5.74) is -2.74. The molecule has 0 aliphatic heterocycles. The van der Waals surface area contributed by atoms with Crippen LogP contribution in [0.1, 0.15) is 35.6 Å². The third kappa shape index (κ3) is 5.01. The van der Waals surface area contributed by atoms with Crippen molar-refractivity contribution in [2.75, 3.05) is 19.7 Å². The van der Waals surface area contributed by atoms with Crippen LogP contribution < -0.4 is 5.43 Å². The lowest BCUT2D eigenvalue weighted by molar-refractivity contribution is -0.137. The van der Waals surface area contributed by atoms with Crippen LogP contribution in [0.2, 0.25) is 0 Å². The predicted molar refractivity (Wildman–Crippen MR) is 97.8 cm³/mol. The van der Waals surface area contributed by atoms with Crippen LogP contribution in [-0.4, -0.2) is 46.3 Å². The van der Waals surface area contributed by atoms with E-state index in [4.69, 9.17) is 4.74 Å². The summed E-state index contributed by atoms with van der Waals surface area (Å²) in [6.45, 7) is 5.12. The van der Waals surface area contributed by atoms with Gasteiger partial charge in [-0.1, -0.05) is 12.1 Å². The van der Waals surface area contributed by atoms with Gasteiger partial charge in [0.15, 0.2) is 6.61 Å². The lowest BCUT2D eigenvalue weighted by Gasteiger charge is -2.18. The second-order valence-corrected chi connectivity index (χ2v) is 6.07. The zero-order valence-electron chi connectivity index (χ0n) is 16.1. The minimum Gasteiger partial charge on any atom is -0.451 e. The second-order valence-electron chi connectivity index (χ2n) is 6.07. The van der Waals surface area contributed by atoms with Crippen LogP contribution in [0.15, 0.2) is 35.1 Å². The number of rotatable bonds is 6. The Morgan fingerprint density at radius 2 is 1.79 bits per heavy atom. The maximum atomic E-state index is 13.3. The van der Waals surface area contributed by atoms with Gasteiger partial charge in [0.25, 0.3) is 5.91 Å². The van der Waals surface area contributed by atoms with E-state index >= 15 is 0 Å². The number of carbonyl (C=O) groups is 2. The number of halogens is 3. The summed E-state index contributed by atoms with van der Waals surface area (Å²) in [7, 11) is 0. The number of esters is 1. The van der Waals surface area contributed by atoms with Crippen molar-refractivity contribution in [1.82, 2.24) is 14.7 Å². The average molecular weight is 411 g/mol. The molecule has 1 aromatic heterocycles. The van der Waals surface area contributed by atoms with Gasteiger partial charge in [0.05, 0.1) is 11.3 Å². The van der Waals surface area contributed by atoms with E-state index in [1.54, 1.807) is 13.8 Å². The van der Waals surface area contributed by atoms with E-state index in [2.05, 4.69) is 5.10 Å². The summed E-state index contributed by atoms with van der Waals surface area (Å²) >= 11 is 0. The first-order valence-corrected chi connectivity index (χ1v) is 8.82. The number of aryl methyl sites for hydroxylation is 1. The number of carbonyl (C=O) groups excluding carboxylic acids is 2. The number of benzene rings is 1. The molecule has 0 fully saturated rings. The normalized spacial score (nSPS) is 11.2. The maximum absolute atomic E-state index is 13.3. The number of hydrogen-bond donors (Lipinski definition) is 0. The number of alkyl halides is 3. The molecular weight excluding hydrogens is 391 g/mol. The van der Waals surface area contributed by atoms with Gasteiger partial charge in [-0.25, -0.2) is 9.48 Å². The largest absolute Gasteiger partial charge is 0.451 e. The quantitative estimate of drug-likeness (QED) is 0.683. The van der Waals surface area contributed by atoms with E-state index in [0.29, 0.717) is 13.1 Å². The lowest BCUT2D eigenvalue weighted by Crippen LogP contribution is -2.35. The topological polar surface area (TPSA) is 81.5 Å². The van der Waals surface area contributed by atoms with Crippen molar-refractivity contribution in [2.45, 2.75) is 26.9 Å². The summed E-state index contributed by atoms with van der Waals surface area (Å²) in [4.78, 5) is 37.8. The molecule has 1 amide bonds. The van der Waals surface area contributed by atoms with Gasteiger partial charge in [-0.2, -0.15) is 18.3 Å². The zero-order valence-corrected chi connectivity index (χ0v) is 16.1. The molecule has 29 heavy (non-hydrogen) atoms. The van der Waals surface area contributed by atoms with Gasteiger partial charge in [0.1, 0.15) is 0 Å². The second kappa shape index (κ2) is 8.89. The number of aromatic nitrogens is 2. The SMILES string of the molecule is CCN(CC)C(=O)COC(=O)c1nn(-c2ccccc2C(F)(F)F)c(C)cc1=O. The smallest absolute Gasteiger partial charge is 0.418 e. The van der Waals surface area contributed by atoms with Crippen LogP contribution in [0.4, 0.5) is 13.2 Å². The maximum Gasteiger partial charge on any atom is 0.418 e. The summed E-state index contributed by atoms with van der Waals surface area (Å²) in [5.74, 6) is -1.65. The molecule has 0 aliphatic rings. The van der Waals surface area contributed by atoms with Crippen LogP contribution in [0.5, 0.6) is 0 Å². The van der Waals surface area contributed by atoms with Gasteiger partial charge in [-0.3, -0.25) is 9.59 Å². The number of para-hydroxylation sites is 1. The van der Waals surface area contributed by atoms with Gasteiger partial charge in [-0.15, -0.1) is 0 Å². The fraction of sp³-hybridized carbons (Fsp3) is 0.368. The molecule has 0 spiro atoms. The molecule has 7 nitrogen and oxygen atoms in total. The van der Waals surface area contributed by atoms with Gasteiger partial charge >= 0.3 is 12.1 Å². The Kier molecular flexibility index (Phi) is 6.78. The fourth-order valence-electron chi connectivity index (χ4n) is 2.69. The molecular formula is C19H20F3N3O4. The van der Waals surface area contributed by atoms with Gasteiger partial charge in [-0.05, 0) is 32.9 Å². The lowest BCUT2D eigenvalue weighted by atomic mass is 10.1. The Morgan fingerprint density at radius 3 is 2.38 bits per heavy atom. The van der Waals surface area contributed by atoms with Crippen LogP contribution in [0, 0.1) is 6.92 Å². The van der Waals surface area contributed by atoms with Gasteiger partial charge in [0, 0.05) is 24.8 Å².